The van der Waals surface area contributed by atoms with Crippen LogP contribution in [-0.4, -0.2) is 30.6 Å². The smallest absolute Gasteiger partial charge is 0.0233 e. The first kappa shape index (κ1) is 16.5. The molecule has 1 heterocycles. The first-order valence-corrected chi connectivity index (χ1v) is 8.60. The minimum absolute atomic E-state index is 0.654. The second-order valence-electron chi connectivity index (χ2n) is 6.86. The minimum Gasteiger partial charge on any atom is -0.315 e. The van der Waals surface area contributed by atoms with Gasteiger partial charge < -0.3 is 5.32 Å². The third-order valence-electron chi connectivity index (χ3n) is 4.82. The van der Waals surface area contributed by atoms with E-state index in [0.717, 1.165) is 19.0 Å². The second kappa shape index (κ2) is 7.95. The molecule has 1 aromatic carbocycles. The van der Waals surface area contributed by atoms with Crippen LogP contribution in [0.3, 0.4) is 0 Å². The van der Waals surface area contributed by atoms with Crippen LogP contribution in [0.25, 0.3) is 0 Å². The van der Waals surface area contributed by atoms with Gasteiger partial charge in [-0.3, -0.25) is 4.90 Å². The van der Waals surface area contributed by atoms with Gasteiger partial charge in [-0.15, -0.1) is 0 Å². The quantitative estimate of drug-likeness (QED) is 0.854. The highest BCUT2D eigenvalue weighted by atomic mass is 15.1. The van der Waals surface area contributed by atoms with Crippen molar-refractivity contribution in [3.63, 3.8) is 0 Å². The summed E-state index contributed by atoms with van der Waals surface area (Å²) in [6.07, 6.45) is 4.07. The van der Waals surface area contributed by atoms with Crippen molar-refractivity contribution >= 4 is 0 Å². The standard InChI is InChI=1S/C19H32N2/c1-5-20-17(4)12-18-7-6-10-21(13-18)14-19-9-8-15(2)16(3)11-19/h8-9,11,17-18,20H,5-7,10,12-14H2,1-4H3. The number of nitrogens with one attached hydrogen (secondary N) is 1. The Bertz CT molecular complexity index is 441. The molecule has 1 aliphatic rings. The van der Waals surface area contributed by atoms with Crippen LogP contribution in [-0.2, 0) is 6.54 Å². The van der Waals surface area contributed by atoms with Gasteiger partial charge in [0.15, 0.2) is 0 Å². The lowest BCUT2D eigenvalue weighted by molar-refractivity contribution is 0.155. The Morgan fingerprint density at radius 2 is 2.10 bits per heavy atom. The van der Waals surface area contributed by atoms with Gasteiger partial charge in [0.25, 0.3) is 0 Å². The maximum absolute atomic E-state index is 3.55. The molecule has 1 aromatic rings. The van der Waals surface area contributed by atoms with Gasteiger partial charge in [0.05, 0.1) is 0 Å². The Morgan fingerprint density at radius 1 is 1.29 bits per heavy atom. The summed E-state index contributed by atoms with van der Waals surface area (Å²) in [5.41, 5.74) is 4.29. The monoisotopic (exact) mass is 288 g/mol. The van der Waals surface area contributed by atoms with Crippen molar-refractivity contribution in [2.45, 2.75) is 59.5 Å². The zero-order chi connectivity index (χ0) is 15.2. The van der Waals surface area contributed by atoms with Crippen molar-refractivity contribution in [1.29, 1.82) is 0 Å². The SMILES string of the molecule is CCNC(C)CC1CCCN(Cc2ccc(C)c(C)c2)C1. The molecule has 2 rings (SSSR count). The summed E-state index contributed by atoms with van der Waals surface area (Å²) in [5, 5.41) is 3.55. The predicted octanol–water partition coefficient (Wildman–Crippen LogP) is 3.90. The van der Waals surface area contributed by atoms with Crippen LogP contribution in [0.2, 0.25) is 0 Å². The molecule has 1 N–H and O–H groups in total. The largest absolute Gasteiger partial charge is 0.315 e. The molecular weight excluding hydrogens is 256 g/mol. The van der Waals surface area contributed by atoms with E-state index >= 15 is 0 Å². The molecule has 1 fully saturated rings. The van der Waals surface area contributed by atoms with E-state index in [1.807, 2.05) is 0 Å². The van der Waals surface area contributed by atoms with Gasteiger partial charge in [-0.25, -0.2) is 0 Å². The molecule has 2 atom stereocenters. The molecule has 2 nitrogen and oxygen atoms in total. The van der Waals surface area contributed by atoms with Crippen molar-refractivity contribution in [2.75, 3.05) is 19.6 Å². The molecule has 0 amide bonds. The Kier molecular flexibility index (Phi) is 6.25. The Balaban J connectivity index is 1.87. The number of piperidine rings is 1. The topological polar surface area (TPSA) is 15.3 Å². The lowest BCUT2D eigenvalue weighted by Crippen LogP contribution is -2.38. The number of benzene rings is 1. The molecule has 0 aliphatic carbocycles. The van der Waals surface area contributed by atoms with E-state index < -0.39 is 0 Å². The number of likely N-dealkylation sites (tertiary alicyclic amines) is 1. The first-order chi connectivity index (χ1) is 10.1. The van der Waals surface area contributed by atoms with Crippen LogP contribution in [0.4, 0.5) is 0 Å². The number of aryl methyl sites for hydroxylation is 2. The number of hydrogen-bond acceptors (Lipinski definition) is 2. The van der Waals surface area contributed by atoms with E-state index in [-0.39, 0.29) is 0 Å². The van der Waals surface area contributed by atoms with Crippen molar-refractivity contribution < 1.29 is 0 Å². The summed E-state index contributed by atoms with van der Waals surface area (Å²) in [6, 6.07) is 7.58. The van der Waals surface area contributed by atoms with Gasteiger partial charge in [-0.1, -0.05) is 25.1 Å². The van der Waals surface area contributed by atoms with Crippen LogP contribution in [0.5, 0.6) is 0 Å². The number of rotatable bonds is 6. The Labute approximate surface area is 130 Å². The van der Waals surface area contributed by atoms with E-state index in [0.29, 0.717) is 6.04 Å². The van der Waals surface area contributed by atoms with Gasteiger partial charge in [-0.05, 0) is 75.7 Å². The summed E-state index contributed by atoms with van der Waals surface area (Å²) >= 11 is 0. The predicted molar refractivity (Wildman–Crippen MR) is 91.7 cm³/mol. The Morgan fingerprint density at radius 3 is 2.81 bits per heavy atom. The third kappa shape index (κ3) is 5.12. The van der Waals surface area contributed by atoms with E-state index in [1.165, 1.54) is 49.0 Å². The number of hydrogen-bond donors (Lipinski definition) is 1. The van der Waals surface area contributed by atoms with Gasteiger partial charge in [0, 0.05) is 19.1 Å². The Hall–Kier alpha value is -0.860. The molecule has 0 spiro atoms. The summed E-state index contributed by atoms with van der Waals surface area (Å²) in [4.78, 5) is 2.65. The van der Waals surface area contributed by atoms with Crippen LogP contribution >= 0.6 is 0 Å². The third-order valence-corrected chi connectivity index (χ3v) is 4.82. The minimum atomic E-state index is 0.654. The maximum Gasteiger partial charge on any atom is 0.0233 e. The zero-order valence-corrected chi connectivity index (χ0v) is 14.3. The van der Waals surface area contributed by atoms with Crippen molar-refractivity contribution in [3.8, 4) is 0 Å². The fourth-order valence-electron chi connectivity index (χ4n) is 3.58. The summed E-state index contributed by atoms with van der Waals surface area (Å²) < 4.78 is 0. The van der Waals surface area contributed by atoms with Crippen LogP contribution < -0.4 is 5.32 Å². The second-order valence-corrected chi connectivity index (χ2v) is 6.86. The average molecular weight is 288 g/mol. The van der Waals surface area contributed by atoms with Crippen molar-refractivity contribution in [1.82, 2.24) is 10.2 Å². The molecule has 118 valence electrons. The first-order valence-electron chi connectivity index (χ1n) is 8.60. The molecular formula is C19H32N2. The van der Waals surface area contributed by atoms with E-state index in [1.54, 1.807) is 0 Å². The van der Waals surface area contributed by atoms with Gasteiger partial charge in [0.2, 0.25) is 0 Å². The molecule has 0 bridgehead atoms. The van der Waals surface area contributed by atoms with Crippen LogP contribution in [0.1, 0.15) is 49.8 Å². The lowest BCUT2D eigenvalue weighted by Gasteiger charge is -2.34. The zero-order valence-electron chi connectivity index (χ0n) is 14.3. The molecule has 0 aromatic heterocycles. The molecule has 2 unspecified atom stereocenters. The summed E-state index contributed by atoms with van der Waals surface area (Å²) in [6.45, 7) is 13.7. The highest BCUT2D eigenvalue weighted by molar-refractivity contribution is 5.29. The lowest BCUT2D eigenvalue weighted by atomic mass is 9.91. The molecule has 0 radical (unpaired) electrons. The molecule has 1 saturated heterocycles. The average Bonchev–Trinajstić information content (AvgIpc) is 2.43. The van der Waals surface area contributed by atoms with Gasteiger partial charge in [-0.2, -0.15) is 0 Å². The normalized spacial score (nSPS) is 21.4. The fraction of sp³-hybridized carbons (Fsp3) is 0.684. The fourth-order valence-corrected chi connectivity index (χ4v) is 3.58. The van der Waals surface area contributed by atoms with Gasteiger partial charge in [0.1, 0.15) is 0 Å². The van der Waals surface area contributed by atoms with Gasteiger partial charge >= 0.3 is 0 Å². The van der Waals surface area contributed by atoms with E-state index in [9.17, 15) is 0 Å². The summed E-state index contributed by atoms with van der Waals surface area (Å²) in [5.74, 6) is 0.861. The van der Waals surface area contributed by atoms with E-state index in [4.69, 9.17) is 0 Å². The number of nitrogens with zero attached hydrogens (tertiary/aromatic N) is 1. The van der Waals surface area contributed by atoms with Crippen molar-refractivity contribution in [3.05, 3.63) is 34.9 Å². The van der Waals surface area contributed by atoms with E-state index in [2.05, 4.69) is 56.1 Å². The van der Waals surface area contributed by atoms with Crippen LogP contribution in [0.15, 0.2) is 18.2 Å². The molecule has 1 aliphatic heterocycles. The maximum atomic E-state index is 3.55. The van der Waals surface area contributed by atoms with Crippen LogP contribution in [0, 0.1) is 19.8 Å². The molecule has 21 heavy (non-hydrogen) atoms. The molecule has 0 saturated carbocycles. The summed E-state index contributed by atoms with van der Waals surface area (Å²) in [7, 11) is 0. The molecule has 2 heteroatoms. The van der Waals surface area contributed by atoms with Crippen molar-refractivity contribution in [2.24, 2.45) is 5.92 Å². The highest BCUT2D eigenvalue weighted by Gasteiger charge is 2.21. The highest BCUT2D eigenvalue weighted by Crippen LogP contribution is 2.23.